The molecule has 0 saturated heterocycles. The summed E-state index contributed by atoms with van der Waals surface area (Å²) in [5.74, 6) is 1.58. The summed E-state index contributed by atoms with van der Waals surface area (Å²) in [4.78, 5) is 17.3. The topological polar surface area (TPSA) is 46.9 Å². The predicted molar refractivity (Wildman–Crippen MR) is 111 cm³/mol. The summed E-state index contributed by atoms with van der Waals surface area (Å²) in [5, 5.41) is 2.97. The maximum Gasteiger partial charge on any atom is 0.320 e. The van der Waals surface area contributed by atoms with Crippen LogP contribution < -0.4 is 5.32 Å². The van der Waals surface area contributed by atoms with E-state index in [-0.39, 0.29) is 21.5 Å². The number of amides is 1. The van der Waals surface area contributed by atoms with Crippen LogP contribution in [0.25, 0.3) is 11.0 Å². The molecule has 0 aliphatic heterocycles. The Labute approximate surface area is 177 Å². The van der Waals surface area contributed by atoms with Gasteiger partial charge in [-0.05, 0) is 74.8 Å². The van der Waals surface area contributed by atoms with Gasteiger partial charge in [0.15, 0.2) is 0 Å². The van der Waals surface area contributed by atoms with Crippen LogP contribution in [0.4, 0.5) is 8.78 Å². The number of benzene rings is 1. The largest absolute Gasteiger partial charge is 0.346 e. The van der Waals surface area contributed by atoms with Crippen molar-refractivity contribution in [3.63, 3.8) is 0 Å². The second-order valence-corrected chi connectivity index (χ2v) is 11.4. The summed E-state index contributed by atoms with van der Waals surface area (Å²) >= 11 is 3.99. The summed E-state index contributed by atoms with van der Waals surface area (Å²) in [7, 11) is 0. The molecule has 1 aromatic heterocycles. The fourth-order valence-electron chi connectivity index (χ4n) is 6.81. The summed E-state index contributed by atoms with van der Waals surface area (Å²) in [6.07, 6.45) is 7.51. The maximum atomic E-state index is 13.7. The Hall–Kier alpha value is -1.50. The molecule has 3 unspecified atom stereocenters. The first-order valence-electron chi connectivity index (χ1n) is 10.5. The van der Waals surface area contributed by atoms with E-state index in [1.165, 1.54) is 19.3 Å². The molecule has 1 heterocycles. The molecular weight excluding hydrogens is 440 g/mol. The van der Waals surface area contributed by atoms with Gasteiger partial charge in [-0.15, -0.1) is 0 Å². The Balaban J connectivity index is 1.34. The SMILES string of the molecule is CC(NC(=O)CC12CC3CC(CC(Br)(C3)C1)C2)c1nc2ccccc2n1C(F)F. The van der Waals surface area contributed by atoms with Crippen molar-refractivity contribution in [1.82, 2.24) is 14.9 Å². The average molecular weight is 466 g/mol. The number of nitrogens with zero attached hydrogens (tertiary/aromatic N) is 2. The number of hydrogen-bond donors (Lipinski definition) is 1. The first kappa shape index (κ1) is 19.5. The van der Waals surface area contributed by atoms with E-state index in [1.807, 2.05) is 0 Å². The van der Waals surface area contributed by atoms with E-state index < -0.39 is 12.6 Å². The van der Waals surface area contributed by atoms with Crippen LogP contribution in [0.1, 0.15) is 70.3 Å². The van der Waals surface area contributed by atoms with Crippen molar-refractivity contribution in [1.29, 1.82) is 0 Å². The van der Waals surface area contributed by atoms with Gasteiger partial charge in [-0.1, -0.05) is 28.1 Å². The monoisotopic (exact) mass is 465 g/mol. The van der Waals surface area contributed by atoms with Crippen molar-refractivity contribution in [2.24, 2.45) is 17.3 Å². The van der Waals surface area contributed by atoms with E-state index in [1.54, 1.807) is 31.2 Å². The second kappa shape index (κ2) is 6.76. The van der Waals surface area contributed by atoms with E-state index in [2.05, 4.69) is 26.2 Å². The molecule has 4 bridgehead atoms. The highest BCUT2D eigenvalue weighted by molar-refractivity contribution is 9.10. The lowest BCUT2D eigenvalue weighted by molar-refractivity contribution is -0.129. The number of hydrogen-bond acceptors (Lipinski definition) is 2. The van der Waals surface area contributed by atoms with Crippen molar-refractivity contribution in [3.05, 3.63) is 30.1 Å². The van der Waals surface area contributed by atoms with Crippen molar-refractivity contribution in [2.75, 3.05) is 0 Å². The number of rotatable bonds is 5. The van der Waals surface area contributed by atoms with Crippen LogP contribution in [-0.2, 0) is 4.79 Å². The molecule has 1 aromatic carbocycles. The predicted octanol–water partition coefficient (Wildman–Crippen LogP) is 5.73. The molecule has 4 aliphatic carbocycles. The smallest absolute Gasteiger partial charge is 0.320 e. The fourth-order valence-corrected chi connectivity index (χ4v) is 8.32. The zero-order valence-electron chi connectivity index (χ0n) is 16.5. The van der Waals surface area contributed by atoms with Gasteiger partial charge in [0.25, 0.3) is 0 Å². The molecule has 3 atom stereocenters. The summed E-state index contributed by atoms with van der Waals surface area (Å²) in [5.41, 5.74) is 0.965. The molecule has 7 heteroatoms. The minimum Gasteiger partial charge on any atom is -0.346 e. The molecule has 0 radical (unpaired) electrons. The van der Waals surface area contributed by atoms with Crippen molar-refractivity contribution < 1.29 is 13.6 Å². The Kier molecular flexibility index (Phi) is 4.53. The third-order valence-electron chi connectivity index (χ3n) is 7.23. The lowest BCUT2D eigenvalue weighted by atomic mass is 9.48. The molecular formula is C22H26BrF2N3O. The Bertz CT molecular complexity index is 945. The van der Waals surface area contributed by atoms with Crippen LogP contribution >= 0.6 is 15.9 Å². The number of para-hydroxylation sites is 2. The van der Waals surface area contributed by atoms with Crippen LogP contribution in [0, 0.1) is 17.3 Å². The number of alkyl halides is 3. The number of halogens is 3. The summed E-state index contributed by atoms with van der Waals surface area (Å²) < 4.78 is 28.6. The quantitative estimate of drug-likeness (QED) is 0.572. The lowest BCUT2D eigenvalue weighted by Crippen LogP contribution is -2.54. The number of fused-ring (bicyclic) bond motifs is 1. The van der Waals surface area contributed by atoms with Gasteiger partial charge in [-0.2, -0.15) is 8.78 Å². The van der Waals surface area contributed by atoms with Gasteiger partial charge < -0.3 is 5.32 Å². The minimum atomic E-state index is -2.70. The van der Waals surface area contributed by atoms with Crippen molar-refractivity contribution >= 4 is 32.9 Å². The van der Waals surface area contributed by atoms with Crippen LogP contribution in [0.15, 0.2) is 24.3 Å². The first-order chi connectivity index (χ1) is 13.8. The maximum absolute atomic E-state index is 13.7. The molecule has 1 amide bonds. The lowest BCUT2D eigenvalue weighted by Gasteiger charge is -2.60. The fraction of sp³-hybridized carbons (Fsp3) is 0.636. The second-order valence-electron chi connectivity index (χ2n) is 9.68. The number of carbonyl (C=O) groups is 1. The van der Waals surface area contributed by atoms with Crippen molar-refractivity contribution in [2.45, 2.75) is 68.8 Å². The number of aromatic nitrogens is 2. The first-order valence-corrected chi connectivity index (χ1v) is 11.3. The van der Waals surface area contributed by atoms with E-state index in [9.17, 15) is 13.6 Å². The molecule has 4 aliphatic rings. The Morgan fingerprint density at radius 1 is 1.28 bits per heavy atom. The molecule has 4 nitrogen and oxygen atoms in total. The molecule has 2 aromatic rings. The van der Waals surface area contributed by atoms with Crippen LogP contribution in [0.2, 0.25) is 0 Å². The van der Waals surface area contributed by atoms with Gasteiger partial charge in [-0.25, -0.2) is 4.98 Å². The Morgan fingerprint density at radius 3 is 2.62 bits per heavy atom. The van der Waals surface area contributed by atoms with Gasteiger partial charge >= 0.3 is 6.55 Å². The van der Waals surface area contributed by atoms with E-state index in [4.69, 9.17) is 0 Å². The molecule has 4 fully saturated rings. The van der Waals surface area contributed by atoms with Gasteiger partial charge in [-0.3, -0.25) is 9.36 Å². The third kappa shape index (κ3) is 3.39. The van der Waals surface area contributed by atoms with Gasteiger partial charge in [0.1, 0.15) is 5.82 Å². The standard InChI is InChI=1S/C22H26BrF2N3O/c1-13(19-27-16-4-2-3-5-17(16)28(19)20(24)25)26-18(29)11-21-7-14-6-15(8-21)10-22(23,9-14)12-21/h2-5,13-15,20H,6-12H2,1H3,(H,26,29). The van der Waals surface area contributed by atoms with Crippen molar-refractivity contribution in [3.8, 4) is 0 Å². The van der Waals surface area contributed by atoms with Crippen LogP contribution in [-0.4, -0.2) is 19.8 Å². The highest BCUT2D eigenvalue weighted by atomic mass is 79.9. The molecule has 1 N–H and O–H groups in total. The highest BCUT2D eigenvalue weighted by Gasteiger charge is 2.57. The molecule has 4 saturated carbocycles. The van der Waals surface area contributed by atoms with Gasteiger partial charge in [0.2, 0.25) is 5.91 Å². The number of nitrogens with one attached hydrogen (secondary N) is 1. The summed E-state index contributed by atoms with van der Waals surface area (Å²) in [6, 6.07) is 6.28. The Morgan fingerprint density at radius 2 is 1.97 bits per heavy atom. The van der Waals surface area contributed by atoms with Crippen LogP contribution in [0.5, 0.6) is 0 Å². The normalized spacial score (nSPS) is 34.1. The number of imidazole rings is 1. The van der Waals surface area contributed by atoms with E-state index in [0.29, 0.717) is 29.3 Å². The number of carbonyl (C=O) groups excluding carboxylic acids is 1. The molecule has 6 rings (SSSR count). The zero-order valence-corrected chi connectivity index (χ0v) is 18.1. The zero-order chi connectivity index (χ0) is 20.4. The summed E-state index contributed by atoms with van der Waals surface area (Å²) in [6.45, 7) is -0.961. The highest BCUT2D eigenvalue weighted by Crippen LogP contribution is 2.65. The van der Waals surface area contributed by atoms with E-state index in [0.717, 1.165) is 23.8 Å². The molecule has 29 heavy (non-hydrogen) atoms. The molecule has 0 spiro atoms. The van der Waals surface area contributed by atoms with E-state index >= 15 is 0 Å². The average Bonchev–Trinajstić information content (AvgIpc) is 2.98. The third-order valence-corrected chi connectivity index (χ3v) is 8.16. The minimum absolute atomic E-state index is 0.0524. The molecule has 156 valence electrons. The van der Waals surface area contributed by atoms with Gasteiger partial charge in [0.05, 0.1) is 17.1 Å². The van der Waals surface area contributed by atoms with Gasteiger partial charge in [0, 0.05) is 10.7 Å². The van der Waals surface area contributed by atoms with Crippen LogP contribution in [0.3, 0.4) is 0 Å².